The van der Waals surface area contributed by atoms with Crippen LogP contribution in [0.25, 0.3) is 6.08 Å². The summed E-state index contributed by atoms with van der Waals surface area (Å²) in [5.74, 6) is -1.56. The molecule has 114 valence electrons. The van der Waals surface area contributed by atoms with Gasteiger partial charge < -0.3 is 10.4 Å². The summed E-state index contributed by atoms with van der Waals surface area (Å²) in [5.41, 5.74) is 0.820. The van der Waals surface area contributed by atoms with Crippen LogP contribution in [0.4, 0.5) is 0 Å². The van der Waals surface area contributed by atoms with E-state index in [9.17, 15) is 14.7 Å². The van der Waals surface area contributed by atoms with Gasteiger partial charge in [-0.2, -0.15) is 5.10 Å². The van der Waals surface area contributed by atoms with Gasteiger partial charge >= 0.3 is 5.97 Å². The number of carbonyl (C=O) groups excluding carboxylic acids is 1. The summed E-state index contributed by atoms with van der Waals surface area (Å²) in [4.78, 5) is 23.3. The number of carboxylic acid groups (broad SMARTS) is 1. The number of carbonyl (C=O) groups is 2. The molecule has 0 spiro atoms. The van der Waals surface area contributed by atoms with E-state index < -0.39 is 11.9 Å². The van der Waals surface area contributed by atoms with Gasteiger partial charge in [-0.3, -0.25) is 14.3 Å². The molecule has 2 rings (SSSR count). The van der Waals surface area contributed by atoms with E-state index in [0.717, 1.165) is 31.4 Å². The van der Waals surface area contributed by atoms with Gasteiger partial charge in [0.1, 0.15) is 0 Å². The highest BCUT2D eigenvalue weighted by molar-refractivity contribution is 5.92. The molecule has 21 heavy (non-hydrogen) atoms. The van der Waals surface area contributed by atoms with Gasteiger partial charge in [0.05, 0.1) is 11.6 Å². The van der Waals surface area contributed by atoms with Crippen molar-refractivity contribution in [2.45, 2.75) is 38.1 Å². The van der Waals surface area contributed by atoms with E-state index in [2.05, 4.69) is 10.4 Å². The number of hydrogen-bond donors (Lipinski definition) is 2. The Morgan fingerprint density at radius 3 is 2.81 bits per heavy atom. The Kier molecular flexibility index (Phi) is 5.14. The van der Waals surface area contributed by atoms with Gasteiger partial charge in [-0.1, -0.05) is 19.3 Å². The van der Waals surface area contributed by atoms with Crippen molar-refractivity contribution in [1.82, 2.24) is 15.1 Å². The fourth-order valence-corrected chi connectivity index (χ4v) is 2.72. The van der Waals surface area contributed by atoms with Crippen molar-refractivity contribution in [1.29, 1.82) is 0 Å². The fourth-order valence-electron chi connectivity index (χ4n) is 2.72. The Labute approximate surface area is 123 Å². The maximum Gasteiger partial charge on any atom is 0.308 e. The van der Waals surface area contributed by atoms with E-state index in [-0.39, 0.29) is 11.9 Å². The number of nitrogens with zero attached hydrogens (tertiary/aromatic N) is 2. The summed E-state index contributed by atoms with van der Waals surface area (Å²) in [7, 11) is 1.79. The lowest BCUT2D eigenvalue weighted by molar-refractivity contribution is -0.143. The summed E-state index contributed by atoms with van der Waals surface area (Å²) in [5, 5.41) is 16.1. The van der Waals surface area contributed by atoms with Crippen molar-refractivity contribution in [2.75, 3.05) is 0 Å². The second kappa shape index (κ2) is 7.06. The molecule has 1 heterocycles. The summed E-state index contributed by atoms with van der Waals surface area (Å²) >= 11 is 0. The van der Waals surface area contributed by atoms with Crippen molar-refractivity contribution in [3.8, 4) is 0 Å². The predicted octanol–water partition coefficient (Wildman–Crippen LogP) is 1.58. The van der Waals surface area contributed by atoms with Crippen LogP contribution in [0, 0.1) is 5.92 Å². The molecule has 1 aliphatic rings. The maximum atomic E-state index is 12.0. The third kappa shape index (κ3) is 4.18. The zero-order chi connectivity index (χ0) is 15.2. The van der Waals surface area contributed by atoms with Crippen LogP contribution in [0.2, 0.25) is 0 Å². The minimum atomic E-state index is -0.821. The maximum absolute atomic E-state index is 12.0. The second-order valence-corrected chi connectivity index (χ2v) is 5.41. The Morgan fingerprint density at radius 2 is 2.14 bits per heavy atom. The Balaban J connectivity index is 1.98. The molecule has 0 aliphatic heterocycles. The van der Waals surface area contributed by atoms with Crippen LogP contribution in [0.5, 0.6) is 0 Å². The van der Waals surface area contributed by atoms with Gasteiger partial charge in [-0.25, -0.2) is 0 Å². The quantitative estimate of drug-likeness (QED) is 0.651. The number of carboxylic acids is 1. The second-order valence-electron chi connectivity index (χ2n) is 5.41. The van der Waals surface area contributed by atoms with Gasteiger partial charge in [0.2, 0.25) is 5.91 Å². The van der Waals surface area contributed by atoms with Crippen LogP contribution in [-0.2, 0) is 16.6 Å². The van der Waals surface area contributed by atoms with Crippen molar-refractivity contribution >= 4 is 18.0 Å². The highest BCUT2D eigenvalue weighted by atomic mass is 16.4. The van der Waals surface area contributed by atoms with Gasteiger partial charge in [0, 0.05) is 25.4 Å². The monoisotopic (exact) mass is 291 g/mol. The fraction of sp³-hybridized carbons (Fsp3) is 0.533. The van der Waals surface area contributed by atoms with Crippen molar-refractivity contribution in [3.63, 3.8) is 0 Å². The SMILES string of the molecule is Cn1nccc1/C=C/C(=O)NC1CCCCCC1C(=O)O. The summed E-state index contributed by atoms with van der Waals surface area (Å²) in [6.45, 7) is 0. The van der Waals surface area contributed by atoms with Gasteiger partial charge in [-0.15, -0.1) is 0 Å². The molecule has 2 N–H and O–H groups in total. The third-order valence-corrected chi connectivity index (χ3v) is 3.93. The van der Waals surface area contributed by atoms with Crippen LogP contribution in [0.15, 0.2) is 18.3 Å². The van der Waals surface area contributed by atoms with Crippen LogP contribution in [0.1, 0.15) is 37.8 Å². The van der Waals surface area contributed by atoms with E-state index in [0.29, 0.717) is 6.42 Å². The van der Waals surface area contributed by atoms with E-state index >= 15 is 0 Å². The number of rotatable bonds is 4. The standard InChI is InChI=1S/C15H21N3O3/c1-18-11(9-10-16-18)7-8-14(19)17-13-6-4-2-3-5-12(13)15(20)21/h7-10,12-13H,2-6H2,1H3,(H,17,19)(H,20,21)/b8-7+. The van der Waals surface area contributed by atoms with Crippen molar-refractivity contribution in [3.05, 3.63) is 24.0 Å². The molecular formula is C15H21N3O3. The molecule has 0 radical (unpaired) electrons. The van der Waals surface area contributed by atoms with Crippen LogP contribution in [0.3, 0.4) is 0 Å². The zero-order valence-electron chi connectivity index (χ0n) is 12.2. The lowest BCUT2D eigenvalue weighted by Crippen LogP contribution is -2.42. The first kappa shape index (κ1) is 15.3. The third-order valence-electron chi connectivity index (χ3n) is 3.93. The lowest BCUT2D eigenvalue weighted by Gasteiger charge is -2.22. The Hall–Kier alpha value is -2.11. The van der Waals surface area contributed by atoms with Gasteiger partial charge in [0.15, 0.2) is 0 Å². The Bertz CT molecular complexity index is 536. The van der Waals surface area contributed by atoms with Gasteiger partial charge in [0.25, 0.3) is 0 Å². The molecular weight excluding hydrogens is 270 g/mol. The summed E-state index contributed by atoms with van der Waals surface area (Å²) in [6.07, 6.45) is 9.02. The Morgan fingerprint density at radius 1 is 1.38 bits per heavy atom. The minimum Gasteiger partial charge on any atom is -0.481 e. The van der Waals surface area contributed by atoms with E-state index in [1.165, 1.54) is 6.08 Å². The molecule has 1 aliphatic carbocycles. The average molecular weight is 291 g/mol. The smallest absolute Gasteiger partial charge is 0.308 e. The number of aliphatic carboxylic acids is 1. The number of amides is 1. The van der Waals surface area contributed by atoms with E-state index in [1.807, 2.05) is 0 Å². The minimum absolute atomic E-state index is 0.255. The molecule has 0 bridgehead atoms. The van der Waals surface area contributed by atoms with Crippen molar-refractivity contribution < 1.29 is 14.7 Å². The van der Waals surface area contributed by atoms with Crippen LogP contribution in [-0.4, -0.2) is 32.8 Å². The number of aryl methyl sites for hydroxylation is 1. The molecule has 1 saturated carbocycles. The van der Waals surface area contributed by atoms with Gasteiger partial charge in [-0.05, 0) is 25.0 Å². The van der Waals surface area contributed by atoms with Crippen molar-refractivity contribution in [2.24, 2.45) is 13.0 Å². The average Bonchev–Trinajstić information content (AvgIpc) is 2.70. The number of hydrogen-bond acceptors (Lipinski definition) is 3. The largest absolute Gasteiger partial charge is 0.481 e. The van der Waals surface area contributed by atoms with Crippen LogP contribution >= 0.6 is 0 Å². The van der Waals surface area contributed by atoms with E-state index in [4.69, 9.17) is 0 Å². The molecule has 1 amide bonds. The molecule has 6 nitrogen and oxygen atoms in total. The topological polar surface area (TPSA) is 84.2 Å². The molecule has 6 heteroatoms. The first-order chi connectivity index (χ1) is 10.1. The number of nitrogens with one attached hydrogen (secondary N) is 1. The molecule has 1 aromatic heterocycles. The molecule has 0 saturated heterocycles. The first-order valence-corrected chi connectivity index (χ1v) is 7.27. The summed E-state index contributed by atoms with van der Waals surface area (Å²) < 4.78 is 1.66. The van der Waals surface area contributed by atoms with Crippen LogP contribution < -0.4 is 5.32 Å². The first-order valence-electron chi connectivity index (χ1n) is 7.27. The number of aromatic nitrogens is 2. The molecule has 1 aromatic rings. The molecule has 0 aromatic carbocycles. The highest BCUT2D eigenvalue weighted by Gasteiger charge is 2.30. The normalized spacial score (nSPS) is 22.9. The molecule has 2 atom stereocenters. The molecule has 1 fully saturated rings. The van der Waals surface area contributed by atoms with E-state index in [1.54, 1.807) is 30.1 Å². The zero-order valence-corrected chi connectivity index (χ0v) is 12.2. The molecule has 2 unspecified atom stereocenters. The lowest BCUT2D eigenvalue weighted by atomic mass is 9.95. The highest BCUT2D eigenvalue weighted by Crippen LogP contribution is 2.23. The summed E-state index contributed by atoms with van der Waals surface area (Å²) in [6, 6.07) is 1.52. The predicted molar refractivity (Wildman–Crippen MR) is 78.4 cm³/mol.